The predicted molar refractivity (Wildman–Crippen MR) is 112 cm³/mol. The van der Waals surface area contributed by atoms with Crippen molar-refractivity contribution < 1.29 is 4.74 Å². The van der Waals surface area contributed by atoms with Gasteiger partial charge in [0.25, 0.3) is 0 Å². The zero-order valence-corrected chi connectivity index (χ0v) is 15.3. The van der Waals surface area contributed by atoms with Crippen molar-refractivity contribution in [1.29, 1.82) is 0 Å². The summed E-state index contributed by atoms with van der Waals surface area (Å²) in [6.45, 7) is 1.57. The largest absolute Gasteiger partial charge is 0.376 e. The molecule has 4 rings (SSSR count). The Hall–Kier alpha value is -2.50. The van der Waals surface area contributed by atoms with Gasteiger partial charge in [-0.1, -0.05) is 48.5 Å². The van der Waals surface area contributed by atoms with Gasteiger partial charge in [-0.2, -0.15) is 5.10 Å². The van der Waals surface area contributed by atoms with Gasteiger partial charge in [-0.05, 0) is 52.7 Å². The first-order valence-electron chi connectivity index (χ1n) is 8.90. The second kappa shape index (κ2) is 7.81. The van der Waals surface area contributed by atoms with E-state index in [4.69, 9.17) is 17.0 Å². The molecule has 0 radical (unpaired) electrons. The third kappa shape index (κ3) is 3.69. The Morgan fingerprint density at radius 3 is 2.46 bits per heavy atom. The van der Waals surface area contributed by atoms with Gasteiger partial charge in [-0.15, -0.1) is 0 Å². The second-order valence-electron chi connectivity index (χ2n) is 6.45. The van der Waals surface area contributed by atoms with E-state index in [0.29, 0.717) is 5.11 Å². The number of benzene rings is 3. The van der Waals surface area contributed by atoms with Crippen LogP contribution in [0.1, 0.15) is 18.4 Å². The molecule has 3 aromatic rings. The van der Waals surface area contributed by atoms with Crippen molar-refractivity contribution in [1.82, 2.24) is 10.7 Å². The highest BCUT2D eigenvalue weighted by molar-refractivity contribution is 7.80. The molecule has 1 saturated heterocycles. The Bertz CT molecular complexity index is 910. The number of nitrogens with one attached hydrogen (secondary N) is 2. The fourth-order valence-electron chi connectivity index (χ4n) is 3.39. The number of fused-ring (bicyclic) bond motifs is 2. The van der Waals surface area contributed by atoms with Crippen LogP contribution in [0, 0.1) is 0 Å². The number of ether oxygens (including phenoxy) is 1. The normalized spacial score (nSPS) is 17.2. The van der Waals surface area contributed by atoms with Crippen molar-refractivity contribution >= 4 is 45.1 Å². The molecule has 3 aromatic carbocycles. The Morgan fingerprint density at radius 2 is 1.81 bits per heavy atom. The van der Waals surface area contributed by atoms with Crippen molar-refractivity contribution in [3.63, 3.8) is 0 Å². The van der Waals surface area contributed by atoms with Gasteiger partial charge in [0.05, 0.1) is 12.3 Å². The van der Waals surface area contributed by atoms with Crippen LogP contribution in [0.4, 0.5) is 0 Å². The maximum absolute atomic E-state index is 5.59. The molecule has 2 N–H and O–H groups in total. The number of hydrazone groups is 1. The Kier molecular flexibility index (Phi) is 5.09. The number of rotatable bonds is 4. The monoisotopic (exact) mass is 363 g/mol. The molecular weight excluding hydrogens is 342 g/mol. The predicted octanol–water partition coefficient (Wildman–Crippen LogP) is 3.97. The first-order valence-corrected chi connectivity index (χ1v) is 9.31. The van der Waals surface area contributed by atoms with Gasteiger partial charge < -0.3 is 10.1 Å². The summed E-state index contributed by atoms with van der Waals surface area (Å²) in [7, 11) is 0. The van der Waals surface area contributed by atoms with Crippen LogP contribution >= 0.6 is 12.2 Å². The van der Waals surface area contributed by atoms with Gasteiger partial charge >= 0.3 is 0 Å². The number of hydrogen-bond donors (Lipinski definition) is 2. The van der Waals surface area contributed by atoms with Crippen LogP contribution < -0.4 is 10.7 Å². The van der Waals surface area contributed by atoms with Crippen LogP contribution in [-0.2, 0) is 4.74 Å². The van der Waals surface area contributed by atoms with Crippen LogP contribution in [0.25, 0.3) is 21.5 Å². The SMILES string of the molecule is S=C(NCC1CCCO1)NN=Cc1c2ccccc2cc2ccccc12. The van der Waals surface area contributed by atoms with E-state index in [0.717, 1.165) is 31.6 Å². The maximum atomic E-state index is 5.59. The lowest BCUT2D eigenvalue weighted by Crippen LogP contribution is -2.37. The highest BCUT2D eigenvalue weighted by atomic mass is 32.1. The highest BCUT2D eigenvalue weighted by Gasteiger charge is 2.15. The van der Waals surface area contributed by atoms with Crippen LogP contribution in [0.2, 0.25) is 0 Å². The fourth-order valence-corrected chi connectivity index (χ4v) is 3.53. The van der Waals surface area contributed by atoms with E-state index in [1.807, 2.05) is 6.21 Å². The fraction of sp³-hybridized carbons (Fsp3) is 0.238. The standard InChI is InChI=1S/C21H21N3OS/c26-21(22-13-17-8-5-11-25-17)24-23-14-20-18-9-3-1-6-15(18)12-16-7-2-4-10-19(16)20/h1-4,6-7,9-10,12,14,17H,5,8,11,13H2,(H2,22,24,26). The molecule has 132 valence electrons. The molecule has 5 heteroatoms. The molecule has 0 saturated carbocycles. The summed E-state index contributed by atoms with van der Waals surface area (Å²) in [5, 5.41) is 12.8. The van der Waals surface area contributed by atoms with E-state index in [1.54, 1.807) is 0 Å². The van der Waals surface area contributed by atoms with E-state index in [2.05, 4.69) is 70.4 Å². The molecule has 1 aliphatic rings. The van der Waals surface area contributed by atoms with Crippen molar-refractivity contribution in [3.05, 3.63) is 60.2 Å². The van der Waals surface area contributed by atoms with Crippen molar-refractivity contribution in [2.24, 2.45) is 5.10 Å². The molecule has 1 unspecified atom stereocenters. The molecule has 0 bridgehead atoms. The van der Waals surface area contributed by atoms with Crippen molar-refractivity contribution in [2.45, 2.75) is 18.9 Å². The number of nitrogens with zero attached hydrogens (tertiary/aromatic N) is 1. The van der Waals surface area contributed by atoms with E-state index in [-0.39, 0.29) is 6.10 Å². The second-order valence-corrected chi connectivity index (χ2v) is 6.86. The zero-order chi connectivity index (χ0) is 17.8. The van der Waals surface area contributed by atoms with Crippen LogP contribution in [-0.4, -0.2) is 30.6 Å². The van der Waals surface area contributed by atoms with Gasteiger partial charge in [0.1, 0.15) is 0 Å². The smallest absolute Gasteiger partial charge is 0.187 e. The highest BCUT2D eigenvalue weighted by Crippen LogP contribution is 2.27. The maximum Gasteiger partial charge on any atom is 0.187 e. The summed E-state index contributed by atoms with van der Waals surface area (Å²) in [5.41, 5.74) is 4.01. The van der Waals surface area contributed by atoms with E-state index >= 15 is 0 Å². The molecule has 1 heterocycles. The Labute approximate surface area is 158 Å². The zero-order valence-electron chi connectivity index (χ0n) is 14.4. The summed E-state index contributed by atoms with van der Waals surface area (Å²) in [4.78, 5) is 0. The summed E-state index contributed by atoms with van der Waals surface area (Å²) in [6.07, 6.45) is 4.31. The van der Waals surface area contributed by atoms with Crippen LogP contribution in [0.15, 0.2) is 59.7 Å². The molecule has 0 spiro atoms. The number of thiocarbonyl (C=S) groups is 1. The summed E-state index contributed by atoms with van der Waals surface area (Å²) in [6, 6.07) is 18.9. The van der Waals surface area contributed by atoms with E-state index in [1.165, 1.54) is 21.5 Å². The molecule has 0 aromatic heterocycles. The van der Waals surface area contributed by atoms with Gasteiger partial charge in [-0.3, -0.25) is 5.43 Å². The minimum Gasteiger partial charge on any atom is -0.376 e. The minimum atomic E-state index is 0.251. The first kappa shape index (κ1) is 16.9. The molecule has 26 heavy (non-hydrogen) atoms. The molecule has 1 fully saturated rings. The molecular formula is C21H21N3OS. The first-order chi connectivity index (χ1) is 12.8. The molecule has 4 nitrogen and oxygen atoms in total. The summed E-state index contributed by atoms with van der Waals surface area (Å²) >= 11 is 5.30. The lowest BCUT2D eigenvalue weighted by molar-refractivity contribution is 0.114. The van der Waals surface area contributed by atoms with Crippen LogP contribution in [0.3, 0.4) is 0 Å². The average molecular weight is 363 g/mol. The van der Waals surface area contributed by atoms with Crippen LogP contribution in [0.5, 0.6) is 0 Å². The molecule has 0 amide bonds. The van der Waals surface area contributed by atoms with Gasteiger partial charge in [0.15, 0.2) is 5.11 Å². The van der Waals surface area contributed by atoms with Gasteiger partial charge in [0.2, 0.25) is 0 Å². The lowest BCUT2D eigenvalue weighted by Gasteiger charge is -2.12. The Balaban J connectivity index is 1.53. The number of hydrogen-bond acceptors (Lipinski definition) is 3. The topological polar surface area (TPSA) is 45.6 Å². The Morgan fingerprint density at radius 1 is 1.12 bits per heavy atom. The van der Waals surface area contributed by atoms with E-state index in [9.17, 15) is 0 Å². The minimum absolute atomic E-state index is 0.251. The molecule has 1 atom stereocenters. The van der Waals surface area contributed by atoms with Gasteiger partial charge in [0, 0.05) is 18.7 Å². The quantitative estimate of drug-likeness (QED) is 0.319. The average Bonchev–Trinajstić information content (AvgIpc) is 3.19. The summed E-state index contributed by atoms with van der Waals surface area (Å²) < 4.78 is 5.59. The van der Waals surface area contributed by atoms with Crippen molar-refractivity contribution in [3.8, 4) is 0 Å². The van der Waals surface area contributed by atoms with Crippen molar-refractivity contribution in [2.75, 3.05) is 13.2 Å². The lowest BCUT2D eigenvalue weighted by atomic mass is 9.97. The third-order valence-corrected chi connectivity index (χ3v) is 4.92. The van der Waals surface area contributed by atoms with E-state index < -0.39 is 0 Å². The van der Waals surface area contributed by atoms with Gasteiger partial charge in [-0.25, -0.2) is 0 Å². The molecule has 1 aliphatic heterocycles. The summed E-state index contributed by atoms with van der Waals surface area (Å²) in [5.74, 6) is 0. The third-order valence-electron chi connectivity index (χ3n) is 4.69. The molecule has 0 aliphatic carbocycles.